The summed E-state index contributed by atoms with van der Waals surface area (Å²) >= 11 is 4.25. The summed E-state index contributed by atoms with van der Waals surface area (Å²) in [7, 11) is 0. The van der Waals surface area contributed by atoms with Crippen LogP contribution in [0.3, 0.4) is 0 Å². The minimum absolute atomic E-state index is 0.156. The summed E-state index contributed by atoms with van der Waals surface area (Å²) in [5, 5.41) is 20.7. The lowest BCUT2D eigenvalue weighted by atomic mass is 10.1. The van der Waals surface area contributed by atoms with Crippen molar-refractivity contribution in [3.05, 3.63) is 102 Å². The molecule has 4 nitrogen and oxygen atoms in total. The van der Waals surface area contributed by atoms with E-state index in [4.69, 9.17) is 0 Å². The number of allylic oxidation sites excluding steroid dienone is 1. The number of benzene rings is 3. The normalized spacial score (nSPS) is 11.6. The van der Waals surface area contributed by atoms with Crippen LogP contribution in [-0.4, -0.2) is 10.0 Å². The second-order valence-corrected chi connectivity index (χ2v) is 8.51. The van der Waals surface area contributed by atoms with Gasteiger partial charge in [-0.05, 0) is 52.9 Å². The minimum atomic E-state index is -2.25. The summed E-state index contributed by atoms with van der Waals surface area (Å²) in [6, 6.07) is 10.1. The van der Waals surface area contributed by atoms with Crippen LogP contribution in [0.25, 0.3) is 6.08 Å². The molecule has 3 aromatic rings. The van der Waals surface area contributed by atoms with Crippen LogP contribution >= 0.6 is 27.7 Å². The zero-order chi connectivity index (χ0) is 23.6. The monoisotopic (exact) mass is 531 g/mol. The Kier molecular flexibility index (Phi) is 7.19. The van der Waals surface area contributed by atoms with Gasteiger partial charge in [0.15, 0.2) is 29.0 Å². The molecule has 0 bridgehead atoms. The van der Waals surface area contributed by atoms with E-state index in [-0.39, 0.29) is 10.5 Å². The van der Waals surface area contributed by atoms with Gasteiger partial charge in [-0.2, -0.15) is 0 Å². The van der Waals surface area contributed by atoms with Crippen LogP contribution in [0.5, 0.6) is 5.75 Å². The molecule has 11 heteroatoms. The van der Waals surface area contributed by atoms with Gasteiger partial charge in [0.05, 0.1) is 4.92 Å². The lowest BCUT2D eigenvalue weighted by Gasteiger charge is -2.12. The van der Waals surface area contributed by atoms with Crippen LogP contribution in [0.15, 0.2) is 56.7 Å². The number of hydrogen-bond donors (Lipinski definition) is 1. The number of thioether (sulfide) groups is 1. The maximum atomic E-state index is 14.2. The first-order valence-corrected chi connectivity index (χ1v) is 10.3. The van der Waals surface area contributed by atoms with E-state index >= 15 is 0 Å². The Bertz CT molecular complexity index is 1210. The average molecular weight is 532 g/mol. The molecule has 0 heterocycles. The second-order valence-electron chi connectivity index (χ2n) is 6.40. The molecule has 0 atom stereocenters. The van der Waals surface area contributed by atoms with Crippen molar-refractivity contribution in [2.75, 3.05) is 0 Å². The Morgan fingerprint density at radius 2 is 1.53 bits per heavy atom. The molecule has 0 unspecified atom stereocenters. The summed E-state index contributed by atoms with van der Waals surface area (Å²) in [4.78, 5) is 10.8. The maximum Gasteiger partial charge on any atom is 0.310 e. The fraction of sp³-hybridized carbons (Fsp3) is 0.0476. The zero-order valence-corrected chi connectivity index (χ0v) is 18.1. The number of halogens is 6. The van der Waals surface area contributed by atoms with Crippen molar-refractivity contribution in [2.24, 2.45) is 0 Å². The van der Waals surface area contributed by atoms with Crippen LogP contribution in [0, 0.1) is 39.2 Å². The first-order chi connectivity index (χ1) is 15.1. The van der Waals surface area contributed by atoms with E-state index < -0.39 is 57.4 Å². The SMILES string of the molecule is O=[N+]([O-])c1ccc(/C=C(\Cc2c(F)c(F)c(F)c(F)c2F)Sc2ccc(Br)cc2)cc1O. The first kappa shape index (κ1) is 23.7. The predicted octanol–water partition coefficient (Wildman–Crippen LogP) is 7.13. The molecule has 0 aliphatic rings. The molecule has 0 spiro atoms. The zero-order valence-electron chi connectivity index (χ0n) is 15.7. The van der Waals surface area contributed by atoms with Crippen LogP contribution < -0.4 is 0 Å². The maximum absolute atomic E-state index is 14.2. The van der Waals surface area contributed by atoms with E-state index in [2.05, 4.69) is 15.9 Å². The number of phenolic OH excluding ortho intramolecular Hbond substituents is 1. The highest BCUT2D eigenvalue weighted by Gasteiger charge is 2.26. The summed E-state index contributed by atoms with van der Waals surface area (Å²) in [6.07, 6.45) is 0.665. The third-order valence-corrected chi connectivity index (χ3v) is 5.80. The molecular weight excluding hydrogens is 521 g/mol. The minimum Gasteiger partial charge on any atom is -0.502 e. The third-order valence-electron chi connectivity index (χ3n) is 4.24. The van der Waals surface area contributed by atoms with Gasteiger partial charge >= 0.3 is 5.69 Å². The standard InChI is InChI=1S/C21H11BrF5NO3S/c22-11-2-4-12(5-3-11)32-13(7-10-1-6-15(28(30)31)16(29)8-10)9-14-17(23)19(25)21(27)20(26)18(14)24/h1-8,29H,9H2/b13-7+. The number of nitrogens with zero attached hydrogens (tertiary/aromatic N) is 1. The number of rotatable bonds is 6. The number of phenols is 1. The van der Waals surface area contributed by atoms with Crippen LogP contribution in [0.4, 0.5) is 27.6 Å². The number of hydrogen-bond acceptors (Lipinski definition) is 4. The molecule has 0 amide bonds. The third kappa shape index (κ3) is 5.10. The van der Waals surface area contributed by atoms with E-state index in [0.717, 1.165) is 28.4 Å². The molecule has 0 saturated heterocycles. The average Bonchev–Trinajstić information content (AvgIpc) is 2.75. The molecule has 3 rings (SSSR count). The molecule has 0 radical (unpaired) electrons. The Labute approximate surface area is 190 Å². The van der Waals surface area contributed by atoms with Crippen LogP contribution in [-0.2, 0) is 6.42 Å². The molecule has 0 aliphatic carbocycles. The van der Waals surface area contributed by atoms with E-state index in [1.807, 2.05) is 0 Å². The lowest BCUT2D eigenvalue weighted by molar-refractivity contribution is -0.385. The summed E-state index contributed by atoms with van der Waals surface area (Å²) in [6.45, 7) is 0. The van der Waals surface area contributed by atoms with Gasteiger partial charge in [-0.3, -0.25) is 10.1 Å². The van der Waals surface area contributed by atoms with Crippen molar-refractivity contribution in [2.45, 2.75) is 11.3 Å². The molecule has 0 fully saturated rings. The second kappa shape index (κ2) is 9.70. The summed E-state index contributed by atoms with van der Waals surface area (Å²) in [5.74, 6) is -10.9. The number of nitro benzene ring substituents is 1. The molecule has 3 aromatic carbocycles. The van der Waals surface area contributed by atoms with Crippen molar-refractivity contribution in [1.29, 1.82) is 0 Å². The van der Waals surface area contributed by atoms with E-state index in [0.29, 0.717) is 4.90 Å². The van der Waals surface area contributed by atoms with Gasteiger partial charge in [-0.25, -0.2) is 22.0 Å². The molecule has 166 valence electrons. The molecular formula is C21H11BrF5NO3S. The Morgan fingerprint density at radius 3 is 2.06 bits per heavy atom. The number of aromatic hydroxyl groups is 1. The highest BCUT2D eigenvalue weighted by Crippen LogP contribution is 2.35. The Balaban J connectivity index is 2.08. The van der Waals surface area contributed by atoms with Crippen molar-refractivity contribution in [3.8, 4) is 5.75 Å². The molecule has 0 aromatic heterocycles. The lowest BCUT2D eigenvalue weighted by Crippen LogP contribution is -2.07. The molecule has 0 saturated carbocycles. The largest absolute Gasteiger partial charge is 0.502 e. The molecule has 32 heavy (non-hydrogen) atoms. The Hall–Kier alpha value is -2.92. The topological polar surface area (TPSA) is 63.4 Å². The van der Waals surface area contributed by atoms with Crippen LogP contribution in [0.1, 0.15) is 11.1 Å². The molecule has 0 aliphatic heterocycles. The van der Waals surface area contributed by atoms with Gasteiger partial charge in [-0.15, -0.1) is 0 Å². The summed E-state index contributed by atoms with van der Waals surface area (Å²) in [5.41, 5.74) is -1.36. The van der Waals surface area contributed by atoms with E-state index in [1.165, 1.54) is 12.1 Å². The van der Waals surface area contributed by atoms with Gasteiger partial charge in [0.25, 0.3) is 0 Å². The first-order valence-electron chi connectivity index (χ1n) is 8.70. The van der Waals surface area contributed by atoms with Crippen molar-refractivity contribution >= 4 is 39.5 Å². The molecule has 1 N–H and O–H groups in total. The summed E-state index contributed by atoms with van der Waals surface area (Å²) < 4.78 is 69.8. The quantitative estimate of drug-likeness (QED) is 0.0916. The number of nitro groups is 1. The predicted molar refractivity (Wildman–Crippen MR) is 113 cm³/mol. The van der Waals surface area contributed by atoms with E-state index in [1.54, 1.807) is 24.3 Å². The van der Waals surface area contributed by atoms with Gasteiger partial charge in [0.2, 0.25) is 5.82 Å². The van der Waals surface area contributed by atoms with Gasteiger partial charge in [0, 0.05) is 27.4 Å². The van der Waals surface area contributed by atoms with Crippen molar-refractivity contribution in [3.63, 3.8) is 0 Å². The van der Waals surface area contributed by atoms with Gasteiger partial charge in [0.1, 0.15) is 0 Å². The smallest absolute Gasteiger partial charge is 0.310 e. The fourth-order valence-electron chi connectivity index (χ4n) is 2.72. The highest BCUT2D eigenvalue weighted by atomic mass is 79.9. The van der Waals surface area contributed by atoms with Gasteiger partial charge < -0.3 is 5.11 Å². The van der Waals surface area contributed by atoms with Crippen molar-refractivity contribution in [1.82, 2.24) is 0 Å². The van der Waals surface area contributed by atoms with E-state index in [9.17, 15) is 37.2 Å². The Morgan fingerprint density at radius 1 is 0.969 bits per heavy atom. The van der Waals surface area contributed by atoms with Gasteiger partial charge in [-0.1, -0.05) is 27.7 Å². The fourth-order valence-corrected chi connectivity index (χ4v) is 3.97. The highest BCUT2D eigenvalue weighted by molar-refractivity contribution is 9.10. The van der Waals surface area contributed by atoms with Crippen LogP contribution in [0.2, 0.25) is 0 Å². The van der Waals surface area contributed by atoms with Crippen molar-refractivity contribution < 1.29 is 32.0 Å².